The summed E-state index contributed by atoms with van der Waals surface area (Å²) in [6.07, 6.45) is 0. The summed E-state index contributed by atoms with van der Waals surface area (Å²) in [5.41, 5.74) is 1.55. The zero-order chi connectivity index (χ0) is 21.5. The Bertz CT molecular complexity index is 1090. The zero-order valence-electron chi connectivity index (χ0n) is 16.1. The lowest BCUT2D eigenvalue weighted by atomic mass is 10.1. The molecule has 3 rings (SSSR count). The van der Waals surface area contributed by atoms with E-state index in [1.54, 1.807) is 48.5 Å². The first-order valence-electron chi connectivity index (χ1n) is 9.13. The van der Waals surface area contributed by atoms with Crippen molar-refractivity contribution in [2.75, 3.05) is 5.75 Å². The Morgan fingerprint density at radius 2 is 1.77 bits per heavy atom. The summed E-state index contributed by atoms with van der Waals surface area (Å²) in [7, 11) is 0. The summed E-state index contributed by atoms with van der Waals surface area (Å²) >= 11 is 7.13. The number of rotatable bonds is 8. The smallest absolute Gasteiger partial charge is 0.251 e. The van der Waals surface area contributed by atoms with Crippen molar-refractivity contribution in [3.63, 3.8) is 0 Å². The fourth-order valence-electron chi connectivity index (χ4n) is 2.68. The number of Topliss-reactive ketones (excluding diaryl/α,β-unsaturated/α-hetero) is 1. The highest BCUT2D eigenvalue weighted by molar-refractivity contribution is 7.99. The van der Waals surface area contributed by atoms with E-state index in [9.17, 15) is 9.59 Å². The molecule has 0 aliphatic heterocycles. The van der Waals surface area contributed by atoms with E-state index in [1.165, 1.54) is 11.8 Å². The molecule has 1 aromatic heterocycles. The molecule has 7 nitrogen and oxygen atoms in total. The number of carbonyl (C=O) groups excluding carboxylic acids is 2. The third-order valence-corrected chi connectivity index (χ3v) is 5.51. The van der Waals surface area contributed by atoms with Crippen LogP contribution in [0.3, 0.4) is 0 Å². The van der Waals surface area contributed by atoms with Gasteiger partial charge in [-0.05, 0) is 43.3 Å². The van der Waals surface area contributed by atoms with E-state index < -0.39 is 0 Å². The van der Waals surface area contributed by atoms with Crippen LogP contribution in [0, 0.1) is 11.3 Å². The van der Waals surface area contributed by atoms with Gasteiger partial charge in [0.1, 0.15) is 0 Å². The van der Waals surface area contributed by atoms with Crippen LogP contribution < -0.4 is 5.32 Å². The third kappa shape index (κ3) is 5.26. The van der Waals surface area contributed by atoms with Gasteiger partial charge in [-0.3, -0.25) is 9.59 Å². The average Bonchev–Trinajstić information content (AvgIpc) is 3.18. The molecule has 1 heterocycles. The van der Waals surface area contributed by atoms with Gasteiger partial charge in [-0.1, -0.05) is 35.5 Å². The van der Waals surface area contributed by atoms with Gasteiger partial charge in [-0.2, -0.15) is 5.26 Å². The maximum absolute atomic E-state index is 12.4. The number of nitriles is 1. The monoisotopic (exact) mass is 439 g/mol. The molecule has 1 amide bonds. The van der Waals surface area contributed by atoms with Crippen LogP contribution in [0.2, 0.25) is 5.02 Å². The molecule has 0 aliphatic carbocycles. The quantitative estimate of drug-likeness (QED) is 0.424. The van der Waals surface area contributed by atoms with Crippen molar-refractivity contribution in [3.05, 3.63) is 76.1 Å². The topological polar surface area (TPSA) is 101 Å². The van der Waals surface area contributed by atoms with Crippen molar-refractivity contribution in [1.82, 2.24) is 20.1 Å². The number of halogens is 1. The molecule has 0 unspecified atom stereocenters. The van der Waals surface area contributed by atoms with E-state index in [4.69, 9.17) is 16.9 Å². The summed E-state index contributed by atoms with van der Waals surface area (Å²) in [5, 5.41) is 21.1. The van der Waals surface area contributed by atoms with Gasteiger partial charge >= 0.3 is 0 Å². The molecule has 2 aromatic carbocycles. The number of thioether (sulfide) groups is 1. The average molecular weight is 440 g/mol. The fourth-order valence-corrected chi connectivity index (χ4v) is 3.72. The molecule has 152 valence electrons. The Kier molecular flexibility index (Phi) is 7.22. The first-order valence-corrected chi connectivity index (χ1v) is 10.5. The lowest BCUT2D eigenvalue weighted by molar-refractivity contribution is 0.0948. The number of ketones is 1. The number of benzene rings is 2. The Labute approximate surface area is 183 Å². The zero-order valence-corrected chi connectivity index (χ0v) is 17.7. The van der Waals surface area contributed by atoms with Crippen molar-refractivity contribution in [1.29, 1.82) is 5.26 Å². The van der Waals surface area contributed by atoms with Gasteiger partial charge in [0, 0.05) is 22.7 Å². The van der Waals surface area contributed by atoms with E-state index in [0.717, 1.165) is 0 Å². The maximum Gasteiger partial charge on any atom is 0.251 e. The molecule has 0 saturated heterocycles. The summed E-state index contributed by atoms with van der Waals surface area (Å²) in [4.78, 5) is 24.7. The Balaban J connectivity index is 1.60. The molecule has 0 fully saturated rings. The standard InChI is InChI=1S/C21H18ClN5O2S/c1-2-27-19(12-24-20(29)16-7-9-17(22)10-8-16)25-26-21(27)30-13-18(28)15-5-3-14(11-23)4-6-15/h3-10H,2,12-13H2,1H3,(H,24,29). The Morgan fingerprint density at radius 1 is 1.10 bits per heavy atom. The van der Waals surface area contributed by atoms with Gasteiger partial charge in [0.15, 0.2) is 16.8 Å². The Morgan fingerprint density at radius 3 is 2.40 bits per heavy atom. The number of nitrogens with one attached hydrogen (secondary N) is 1. The van der Waals surface area contributed by atoms with Crippen LogP contribution in [0.4, 0.5) is 0 Å². The number of carbonyl (C=O) groups is 2. The van der Waals surface area contributed by atoms with Crippen LogP contribution >= 0.6 is 23.4 Å². The number of aromatic nitrogens is 3. The minimum absolute atomic E-state index is 0.0623. The van der Waals surface area contributed by atoms with Crippen molar-refractivity contribution in [2.24, 2.45) is 0 Å². The number of hydrogen-bond donors (Lipinski definition) is 1. The van der Waals surface area contributed by atoms with E-state index in [0.29, 0.717) is 39.2 Å². The molecule has 0 saturated carbocycles. The summed E-state index contributed by atoms with van der Waals surface area (Å²) < 4.78 is 1.86. The number of nitrogens with zero attached hydrogens (tertiary/aromatic N) is 4. The van der Waals surface area contributed by atoms with Crippen LogP contribution in [0.15, 0.2) is 53.7 Å². The molecule has 30 heavy (non-hydrogen) atoms. The predicted molar refractivity (Wildman–Crippen MR) is 115 cm³/mol. The van der Waals surface area contributed by atoms with Gasteiger partial charge in [0.05, 0.1) is 23.9 Å². The highest BCUT2D eigenvalue weighted by Gasteiger charge is 2.15. The highest BCUT2D eigenvalue weighted by Crippen LogP contribution is 2.19. The third-order valence-electron chi connectivity index (χ3n) is 4.29. The number of hydrogen-bond acceptors (Lipinski definition) is 6. The maximum atomic E-state index is 12.4. The van der Waals surface area contributed by atoms with E-state index in [1.807, 2.05) is 17.6 Å². The van der Waals surface area contributed by atoms with Gasteiger partial charge in [-0.25, -0.2) is 0 Å². The van der Waals surface area contributed by atoms with Gasteiger partial charge in [-0.15, -0.1) is 10.2 Å². The van der Waals surface area contributed by atoms with Crippen LogP contribution in [0.25, 0.3) is 0 Å². The van der Waals surface area contributed by atoms with Gasteiger partial charge in [0.2, 0.25) is 0 Å². The molecular formula is C21H18ClN5O2S. The van der Waals surface area contributed by atoms with Crippen LogP contribution in [-0.4, -0.2) is 32.2 Å². The van der Waals surface area contributed by atoms with Crippen molar-refractivity contribution >= 4 is 35.1 Å². The lowest BCUT2D eigenvalue weighted by Gasteiger charge is -2.08. The van der Waals surface area contributed by atoms with E-state index >= 15 is 0 Å². The molecule has 1 N–H and O–H groups in total. The second kappa shape index (κ2) is 10.1. The second-order valence-corrected chi connectivity index (χ2v) is 7.61. The summed E-state index contributed by atoms with van der Waals surface area (Å²) in [6.45, 7) is 2.76. The minimum atomic E-state index is -0.234. The van der Waals surface area contributed by atoms with E-state index in [2.05, 4.69) is 15.5 Å². The fraction of sp³-hybridized carbons (Fsp3) is 0.190. The molecule has 3 aromatic rings. The molecule has 0 radical (unpaired) electrons. The predicted octanol–water partition coefficient (Wildman–Crippen LogP) is 3.73. The largest absolute Gasteiger partial charge is 0.345 e. The van der Waals surface area contributed by atoms with Crippen LogP contribution in [0.5, 0.6) is 0 Å². The highest BCUT2D eigenvalue weighted by atomic mass is 35.5. The molecule has 0 atom stereocenters. The summed E-state index contributed by atoms with van der Waals surface area (Å²) in [6, 6.07) is 15.2. The molecule has 0 bridgehead atoms. The SMILES string of the molecule is CCn1c(CNC(=O)c2ccc(Cl)cc2)nnc1SCC(=O)c1ccc(C#N)cc1. The summed E-state index contributed by atoms with van der Waals surface area (Å²) in [5.74, 6) is 0.504. The molecule has 0 aliphatic rings. The van der Waals surface area contributed by atoms with Crippen LogP contribution in [0.1, 0.15) is 39.0 Å². The van der Waals surface area contributed by atoms with Crippen molar-refractivity contribution in [3.8, 4) is 6.07 Å². The van der Waals surface area contributed by atoms with Gasteiger partial charge < -0.3 is 9.88 Å². The first-order chi connectivity index (χ1) is 14.5. The number of amides is 1. The van der Waals surface area contributed by atoms with E-state index in [-0.39, 0.29) is 24.0 Å². The van der Waals surface area contributed by atoms with Crippen LogP contribution in [-0.2, 0) is 13.1 Å². The molecular weight excluding hydrogens is 422 g/mol. The van der Waals surface area contributed by atoms with Gasteiger partial charge in [0.25, 0.3) is 5.91 Å². The normalized spacial score (nSPS) is 10.4. The van der Waals surface area contributed by atoms with Crippen molar-refractivity contribution < 1.29 is 9.59 Å². The lowest BCUT2D eigenvalue weighted by Crippen LogP contribution is -2.24. The Hall–Kier alpha value is -3.15. The first kappa shape index (κ1) is 21.6. The second-order valence-electron chi connectivity index (χ2n) is 6.23. The van der Waals surface area contributed by atoms with Crippen molar-refractivity contribution in [2.45, 2.75) is 25.2 Å². The minimum Gasteiger partial charge on any atom is -0.345 e. The molecule has 0 spiro atoms. The molecule has 9 heteroatoms.